The van der Waals surface area contributed by atoms with Gasteiger partial charge in [-0.15, -0.1) is 0 Å². The molecule has 0 saturated carbocycles. The summed E-state index contributed by atoms with van der Waals surface area (Å²) in [5, 5.41) is 13.4. The standard InChI is InChI=1S/C24H22F2N2O4S2/c1-15-3-10-22(20(26)13-15)34(31,32)27-23(29)18-6-9-21(16(2)14-18)28(30)11-12-33-24(28)17-4-7-19(25)8-5-17/h3-10,13-14,24H,11-12H2,1-2H3,(H,27,29). The van der Waals surface area contributed by atoms with Crippen molar-refractivity contribution in [3.63, 3.8) is 0 Å². The maximum Gasteiger partial charge on any atom is 0.267 e. The molecule has 0 bridgehead atoms. The Balaban J connectivity index is 1.60. The number of benzene rings is 3. The molecule has 1 saturated heterocycles. The summed E-state index contributed by atoms with van der Waals surface area (Å²) in [5.41, 5.74) is 2.21. The average Bonchev–Trinajstić information content (AvgIpc) is 3.15. The van der Waals surface area contributed by atoms with Crippen molar-refractivity contribution in [2.75, 3.05) is 12.3 Å². The number of nitrogens with zero attached hydrogens (tertiary/aromatic N) is 1. The molecule has 10 heteroatoms. The third kappa shape index (κ3) is 4.58. The van der Waals surface area contributed by atoms with Crippen LogP contribution in [0.15, 0.2) is 65.6 Å². The van der Waals surface area contributed by atoms with Crippen LogP contribution < -0.4 is 9.37 Å². The highest BCUT2D eigenvalue weighted by Gasteiger charge is 2.39. The summed E-state index contributed by atoms with van der Waals surface area (Å²) in [6, 6.07) is 13.7. The molecular weight excluding hydrogens is 482 g/mol. The van der Waals surface area contributed by atoms with Gasteiger partial charge < -0.3 is 9.85 Å². The van der Waals surface area contributed by atoms with Crippen molar-refractivity contribution in [1.82, 2.24) is 9.37 Å². The Morgan fingerprint density at radius 1 is 1.06 bits per heavy atom. The molecule has 3 aromatic rings. The van der Waals surface area contributed by atoms with Gasteiger partial charge in [0.15, 0.2) is 5.37 Å². The fourth-order valence-corrected chi connectivity index (χ4v) is 6.47. The molecule has 0 spiro atoms. The van der Waals surface area contributed by atoms with E-state index < -0.39 is 36.7 Å². The number of aryl methyl sites for hydroxylation is 2. The zero-order valence-corrected chi connectivity index (χ0v) is 20.1. The van der Waals surface area contributed by atoms with Crippen molar-refractivity contribution < 1.29 is 22.0 Å². The molecule has 2 atom stereocenters. The first-order valence-electron chi connectivity index (χ1n) is 10.4. The summed E-state index contributed by atoms with van der Waals surface area (Å²) >= 11 is 1.47. The van der Waals surface area contributed by atoms with E-state index >= 15 is 0 Å². The van der Waals surface area contributed by atoms with Gasteiger partial charge in [-0.3, -0.25) is 4.79 Å². The number of thioether (sulfide) groups is 1. The smallest absolute Gasteiger partial charge is 0.267 e. The number of rotatable bonds is 5. The lowest BCUT2D eigenvalue weighted by Gasteiger charge is -2.43. The normalized spacial score (nSPS) is 20.3. The lowest BCUT2D eigenvalue weighted by Crippen LogP contribution is -2.42. The molecule has 1 aliphatic rings. The molecule has 0 aromatic heterocycles. The topological polar surface area (TPSA) is 86.3 Å². The Bertz CT molecular complexity index is 1360. The van der Waals surface area contributed by atoms with Crippen LogP contribution in [0.2, 0.25) is 0 Å². The first kappa shape index (κ1) is 24.3. The predicted octanol–water partition coefficient (Wildman–Crippen LogP) is 4.95. The van der Waals surface area contributed by atoms with Crippen LogP contribution in [0.1, 0.15) is 32.4 Å². The highest BCUT2D eigenvalue weighted by atomic mass is 32.2. The van der Waals surface area contributed by atoms with Crippen LogP contribution in [0, 0.1) is 30.7 Å². The van der Waals surface area contributed by atoms with E-state index in [0.717, 1.165) is 12.1 Å². The lowest BCUT2D eigenvalue weighted by atomic mass is 10.1. The van der Waals surface area contributed by atoms with Crippen molar-refractivity contribution in [2.24, 2.45) is 0 Å². The average molecular weight is 505 g/mol. The number of sulfonamides is 1. The second-order valence-electron chi connectivity index (χ2n) is 8.16. The maximum absolute atomic E-state index is 14.1. The molecule has 4 rings (SSSR count). The third-order valence-corrected chi connectivity index (χ3v) is 8.41. The van der Waals surface area contributed by atoms with E-state index in [1.807, 2.05) is 4.72 Å². The maximum atomic E-state index is 14.1. The molecule has 1 fully saturated rings. The summed E-state index contributed by atoms with van der Waals surface area (Å²) in [7, 11) is -4.43. The molecule has 1 aliphatic heterocycles. The van der Waals surface area contributed by atoms with Crippen molar-refractivity contribution in [2.45, 2.75) is 24.1 Å². The van der Waals surface area contributed by atoms with Crippen LogP contribution in [-0.2, 0) is 10.0 Å². The first-order chi connectivity index (χ1) is 16.0. The number of quaternary nitrogens is 1. The molecule has 0 radical (unpaired) electrons. The van der Waals surface area contributed by atoms with Crippen molar-refractivity contribution in [1.29, 1.82) is 0 Å². The molecule has 0 aliphatic carbocycles. The van der Waals surface area contributed by atoms with Crippen LogP contribution in [0.5, 0.6) is 0 Å². The largest absolute Gasteiger partial charge is 0.626 e. The summed E-state index contributed by atoms with van der Waals surface area (Å²) < 4.78 is 53.7. The minimum absolute atomic E-state index is 0.0223. The quantitative estimate of drug-likeness (QED) is 0.393. The SMILES string of the molecule is Cc1ccc(S(=O)(=O)NC(=O)c2ccc([N+]3([O-])CCSC3c3ccc(F)cc3)c(C)c2)c(F)c1. The number of halogens is 2. The Morgan fingerprint density at radius 3 is 2.41 bits per heavy atom. The molecule has 1 N–H and O–H groups in total. The molecule has 1 heterocycles. The van der Waals surface area contributed by atoms with Gasteiger partial charge in [-0.25, -0.2) is 21.9 Å². The van der Waals surface area contributed by atoms with Gasteiger partial charge in [-0.2, -0.15) is 0 Å². The van der Waals surface area contributed by atoms with Gasteiger partial charge in [0.2, 0.25) is 0 Å². The number of carbonyl (C=O) groups is 1. The molecular formula is C24H22F2N2O4S2. The monoisotopic (exact) mass is 504 g/mol. The fourth-order valence-electron chi connectivity index (χ4n) is 4.03. The number of hydrogen-bond donors (Lipinski definition) is 1. The summed E-state index contributed by atoms with van der Waals surface area (Å²) in [5.74, 6) is -1.67. The van der Waals surface area contributed by atoms with E-state index in [2.05, 4.69) is 0 Å². The predicted molar refractivity (Wildman–Crippen MR) is 129 cm³/mol. The van der Waals surface area contributed by atoms with Gasteiger partial charge in [0.1, 0.15) is 22.2 Å². The van der Waals surface area contributed by atoms with Gasteiger partial charge in [0, 0.05) is 28.5 Å². The van der Waals surface area contributed by atoms with E-state index in [9.17, 15) is 27.2 Å². The Kier molecular flexibility index (Phi) is 6.52. The molecule has 34 heavy (non-hydrogen) atoms. The van der Waals surface area contributed by atoms with Crippen molar-refractivity contribution in [3.8, 4) is 0 Å². The van der Waals surface area contributed by atoms with E-state index in [4.69, 9.17) is 0 Å². The van der Waals surface area contributed by atoms with Gasteiger partial charge in [-0.1, -0.05) is 17.8 Å². The number of amides is 1. The number of hydrogen-bond acceptors (Lipinski definition) is 5. The Morgan fingerprint density at radius 2 is 1.76 bits per heavy atom. The number of carbonyl (C=O) groups excluding carboxylic acids is 1. The van der Waals surface area contributed by atoms with E-state index in [1.54, 1.807) is 26.0 Å². The minimum atomic E-state index is -4.43. The lowest BCUT2D eigenvalue weighted by molar-refractivity contribution is 0.0981. The summed E-state index contributed by atoms with van der Waals surface area (Å²) in [6.07, 6.45) is 0. The van der Waals surface area contributed by atoms with Gasteiger partial charge in [0.25, 0.3) is 15.9 Å². The zero-order valence-electron chi connectivity index (χ0n) is 18.4. The van der Waals surface area contributed by atoms with Crippen LogP contribution in [0.25, 0.3) is 0 Å². The number of nitrogens with one attached hydrogen (secondary N) is 1. The van der Waals surface area contributed by atoms with Crippen molar-refractivity contribution in [3.05, 3.63) is 99.8 Å². The number of hydroxylamine groups is 2. The van der Waals surface area contributed by atoms with Gasteiger partial charge in [0.05, 0.1) is 6.54 Å². The van der Waals surface area contributed by atoms with Crippen LogP contribution in [0.4, 0.5) is 14.5 Å². The summed E-state index contributed by atoms with van der Waals surface area (Å²) in [4.78, 5) is 12.0. The van der Waals surface area contributed by atoms with Crippen LogP contribution in [-0.4, -0.2) is 26.6 Å². The fraction of sp³-hybridized carbons (Fsp3) is 0.208. The van der Waals surface area contributed by atoms with E-state index in [0.29, 0.717) is 34.7 Å². The Labute approximate surface area is 200 Å². The van der Waals surface area contributed by atoms with Crippen molar-refractivity contribution >= 4 is 33.4 Å². The van der Waals surface area contributed by atoms with Gasteiger partial charge >= 0.3 is 0 Å². The minimum Gasteiger partial charge on any atom is -0.626 e. The van der Waals surface area contributed by atoms with E-state index in [1.165, 1.54) is 48.2 Å². The third-order valence-electron chi connectivity index (χ3n) is 5.70. The molecule has 1 amide bonds. The van der Waals surface area contributed by atoms with E-state index in [-0.39, 0.29) is 11.4 Å². The molecule has 6 nitrogen and oxygen atoms in total. The van der Waals surface area contributed by atoms with Crippen LogP contribution in [0.3, 0.4) is 0 Å². The molecule has 3 aromatic carbocycles. The van der Waals surface area contributed by atoms with Gasteiger partial charge in [-0.05, 0) is 67.9 Å². The second kappa shape index (κ2) is 9.10. The Hall–Kier alpha value is -2.79. The molecule has 178 valence electrons. The molecule has 2 unspecified atom stereocenters. The summed E-state index contributed by atoms with van der Waals surface area (Å²) in [6.45, 7) is 3.58. The first-order valence-corrected chi connectivity index (χ1v) is 12.9. The zero-order chi connectivity index (χ0) is 24.7. The highest BCUT2D eigenvalue weighted by molar-refractivity contribution is 7.99. The second-order valence-corrected chi connectivity index (χ2v) is 11.0. The highest BCUT2D eigenvalue weighted by Crippen LogP contribution is 2.48. The van der Waals surface area contributed by atoms with Crippen LogP contribution >= 0.6 is 11.8 Å².